The van der Waals surface area contributed by atoms with Gasteiger partial charge in [0.05, 0.1) is 11.1 Å². The second-order valence-corrected chi connectivity index (χ2v) is 6.95. The highest BCUT2D eigenvalue weighted by Gasteiger charge is 2.39. The summed E-state index contributed by atoms with van der Waals surface area (Å²) in [7, 11) is 0. The summed E-state index contributed by atoms with van der Waals surface area (Å²) in [5.41, 5.74) is 2.08. The Bertz CT molecular complexity index is 541. The van der Waals surface area contributed by atoms with E-state index >= 15 is 0 Å². The predicted octanol–water partition coefficient (Wildman–Crippen LogP) is 4.12. The molecule has 1 amide bonds. The van der Waals surface area contributed by atoms with Gasteiger partial charge in [0.25, 0.3) is 5.91 Å². The monoisotopic (exact) mass is 293 g/mol. The first kappa shape index (κ1) is 13.7. The smallest absolute Gasteiger partial charge is 0.262 e. The number of amides is 1. The molecule has 2 unspecified atom stereocenters. The maximum atomic E-state index is 11.4. The third kappa shape index (κ3) is 2.39. The normalized spacial score (nSPS) is 25.6. The molecule has 0 radical (unpaired) electrons. The number of halogens is 1. The van der Waals surface area contributed by atoms with E-state index in [1.807, 2.05) is 18.2 Å². The SMILES string of the molecule is CC1(C)CCCC1C(Cl)c1ccc2c(c1)NC(=O)CO2. The number of alkyl halides is 1. The zero-order valence-corrected chi connectivity index (χ0v) is 12.7. The molecule has 0 aromatic heterocycles. The van der Waals surface area contributed by atoms with Crippen LogP contribution in [0.25, 0.3) is 0 Å². The van der Waals surface area contributed by atoms with E-state index < -0.39 is 0 Å². The maximum Gasteiger partial charge on any atom is 0.262 e. The number of hydrogen-bond acceptors (Lipinski definition) is 2. The summed E-state index contributed by atoms with van der Waals surface area (Å²) in [5, 5.41) is 2.83. The molecule has 1 aromatic carbocycles. The van der Waals surface area contributed by atoms with E-state index in [4.69, 9.17) is 16.3 Å². The van der Waals surface area contributed by atoms with Crippen LogP contribution in [0.15, 0.2) is 18.2 Å². The summed E-state index contributed by atoms with van der Waals surface area (Å²) in [6.45, 7) is 4.68. The lowest BCUT2D eigenvalue weighted by molar-refractivity contribution is -0.118. The second-order valence-electron chi connectivity index (χ2n) is 6.48. The molecule has 0 spiro atoms. The van der Waals surface area contributed by atoms with Gasteiger partial charge in [0.1, 0.15) is 5.75 Å². The number of ether oxygens (including phenoxy) is 1. The van der Waals surface area contributed by atoms with E-state index in [0.29, 0.717) is 5.92 Å². The van der Waals surface area contributed by atoms with E-state index in [0.717, 1.165) is 17.0 Å². The lowest BCUT2D eigenvalue weighted by Gasteiger charge is -2.31. The van der Waals surface area contributed by atoms with Gasteiger partial charge in [-0.1, -0.05) is 26.3 Å². The Morgan fingerprint density at radius 3 is 2.95 bits per heavy atom. The molecule has 1 aliphatic carbocycles. The summed E-state index contributed by atoms with van der Waals surface area (Å²) in [6.07, 6.45) is 3.64. The third-order valence-corrected chi connectivity index (χ3v) is 5.20. The molecule has 20 heavy (non-hydrogen) atoms. The van der Waals surface area contributed by atoms with Crippen LogP contribution in [-0.4, -0.2) is 12.5 Å². The Morgan fingerprint density at radius 1 is 1.45 bits per heavy atom. The van der Waals surface area contributed by atoms with Gasteiger partial charge < -0.3 is 10.1 Å². The largest absolute Gasteiger partial charge is 0.482 e. The van der Waals surface area contributed by atoms with Gasteiger partial charge in [-0.3, -0.25) is 4.79 Å². The first-order valence-corrected chi connectivity index (χ1v) is 7.62. The van der Waals surface area contributed by atoms with Gasteiger partial charge in [0, 0.05) is 0 Å². The van der Waals surface area contributed by atoms with Crippen molar-refractivity contribution in [3.63, 3.8) is 0 Å². The van der Waals surface area contributed by atoms with Gasteiger partial charge in [-0.25, -0.2) is 0 Å². The molecule has 1 N–H and O–H groups in total. The fourth-order valence-corrected chi connectivity index (χ4v) is 4.00. The number of benzene rings is 1. The molecule has 1 saturated carbocycles. The third-order valence-electron chi connectivity index (χ3n) is 4.65. The highest BCUT2D eigenvalue weighted by Crippen LogP contribution is 2.51. The number of fused-ring (bicyclic) bond motifs is 1. The molecular formula is C16H20ClNO2. The van der Waals surface area contributed by atoms with Crippen LogP contribution in [0.3, 0.4) is 0 Å². The van der Waals surface area contributed by atoms with Crippen molar-refractivity contribution in [1.29, 1.82) is 0 Å². The number of carbonyl (C=O) groups excluding carboxylic acids is 1. The van der Waals surface area contributed by atoms with Crippen LogP contribution in [0.4, 0.5) is 5.69 Å². The van der Waals surface area contributed by atoms with E-state index in [1.54, 1.807) is 0 Å². The highest BCUT2D eigenvalue weighted by molar-refractivity contribution is 6.21. The molecule has 2 atom stereocenters. The molecule has 4 heteroatoms. The van der Waals surface area contributed by atoms with E-state index in [2.05, 4.69) is 19.2 Å². The Hall–Kier alpha value is -1.22. The Morgan fingerprint density at radius 2 is 2.25 bits per heavy atom. The number of carbonyl (C=O) groups is 1. The minimum Gasteiger partial charge on any atom is -0.482 e. The molecule has 1 aromatic rings. The molecule has 108 valence electrons. The Kier molecular flexibility index (Phi) is 3.41. The molecule has 3 nitrogen and oxygen atoms in total. The molecule has 2 aliphatic rings. The van der Waals surface area contributed by atoms with Gasteiger partial charge in [-0.05, 0) is 41.9 Å². The second kappa shape index (κ2) is 4.96. The van der Waals surface area contributed by atoms with Gasteiger partial charge in [0.2, 0.25) is 0 Å². The minimum absolute atomic E-state index is 0.0170. The first-order chi connectivity index (χ1) is 9.47. The van der Waals surface area contributed by atoms with Gasteiger partial charge in [0.15, 0.2) is 6.61 Å². The molecular weight excluding hydrogens is 274 g/mol. The highest BCUT2D eigenvalue weighted by atomic mass is 35.5. The number of nitrogens with one attached hydrogen (secondary N) is 1. The molecule has 1 fully saturated rings. The predicted molar refractivity (Wildman–Crippen MR) is 80.3 cm³/mol. The van der Waals surface area contributed by atoms with Crippen molar-refractivity contribution in [2.75, 3.05) is 11.9 Å². The van der Waals surface area contributed by atoms with Gasteiger partial charge in [-0.2, -0.15) is 0 Å². The summed E-state index contributed by atoms with van der Waals surface area (Å²) in [5.74, 6) is 1.09. The molecule has 1 heterocycles. The van der Waals surface area contributed by atoms with E-state index in [9.17, 15) is 4.79 Å². The molecule has 0 bridgehead atoms. The standard InChI is InChI=1S/C16H20ClNO2/c1-16(2)7-3-4-11(16)15(17)10-5-6-13-12(8-10)18-14(19)9-20-13/h5-6,8,11,15H,3-4,7,9H2,1-2H3,(H,18,19). The lowest BCUT2D eigenvalue weighted by Crippen LogP contribution is -2.26. The molecule has 1 aliphatic heterocycles. The van der Waals surface area contributed by atoms with Crippen molar-refractivity contribution < 1.29 is 9.53 Å². The van der Waals surface area contributed by atoms with Crippen molar-refractivity contribution in [1.82, 2.24) is 0 Å². The van der Waals surface area contributed by atoms with E-state index in [-0.39, 0.29) is 23.3 Å². The van der Waals surface area contributed by atoms with Crippen LogP contribution >= 0.6 is 11.6 Å². The summed E-state index contributed by atoms with van der Waals surface area (Å²) < 4.78 is 5.38. The minimum atomic E-state index is -0.109. The fourth-order valence-electron chi connectivity index (χ4n) is 3.40. The van der Waals surface area contributed by atoms with Crippen LogP contribution in [0, 0.1) is 11.3 Å². The maximum absolute atomic E-state index is 11.4. The van der Waals surface area contributed by atoms with Crippen LogP contribution < -0.4 is 10.1 Å². The summed E-state index contributed by atoms with van der Waals surface area (Å²) >= 11 is 6.72. The Balaban J connectivity index is 1.87. The summed E-state index contributed by atoms with van der Waals surface area (Å²) in [6, 6.07) is 5.88. The van der Waals surface area contributed by atoms with Crippen molar-refractivity contribution in [2.24, 2.45) is 11.3 Å². The zero-order valence-electron chi connectivity index (χ0n) is 11.9. The van der Waals surface area contributed by atoms with Gasteiger partial charge in [-0.15, -0.1) is 11.6 Å². The van der Waals surface area contributed by atoms with Gasteiger partial charge >= 0.3 is 0 Å². The number of rotatable bonds is 2. The summed E-state index contributed by atoms with van der Waals surface area (Å²) in [4.78, 5) is 11.4. The molecule has 3 rings (SSSR count). The zero-order chi connectivity index (χ0) is 14.3. The van der Waals surface area contributed by atoms with Crippen LogP contribution in [0.2, 0.25) is 0 Å². The average molecular weight is 294 g/mol. The van der Waals surface area contributed by atoms with Crippen molar-refractivity contribution >= 4 is 23.2 Å². The van der Waals surface area contributed by atoms with Crippen molar-refractivity contribution in [2.45, 2.75) is 38.5 Å². The van der Waals surface area contributed by atoms with Crippen molar-refractivity contribution in [3.05, 3.63) is 23.8 Å². The first-order valence-electron chi connectivity index (χ1n) is 7.18. The lowest BCUT2D eigenvalue weighted by atomic mass is 9.78. The topological polar surface area (TPSA) is 38.3 Å². The van der Waals surface area contributed by atoms with E-state index in [1.165, 1.54) is 19.3 Å². The number of anilines is 1. The van der Waals surface area contributed by atoms with Crippen LogP contribution in [0.1, 0.15) is 44.1 Å². The quantitative estimate of drug-likeness (QED) is 0.833. The van der Waals surface area contributed by atoms with Crippen molar-refractivity contribution in [3.8, 4) is 5.75 Å². The van der Waals surface area contributed by atoms with Crippen LogP contribution in [-0.2, 0) is 4.79 Å². The molecule has 0 saturated heterocycles. The Labute approximate surface area is 124 Å². The number of hydrogen-bond donors (Lipinski definition) is 1. The average Bonchev–Trinajstić information content (AvgIpc) is 2.76. The van der Waals surface area contributed by atoms with Crippen LogP contribution in [0.5, 0.6) is 5.75 Å². The fraction of sp³-hybridized carbons (Fsp3) is 0.562.